The Morgan fingerprint density at radius 2 is 1.19 bits per heavy atom. The van der Waals surface area contributed by atoms with Gasteiger partial charge in [-0.1, -0.05) is 52.2 Å². The van der Waals surface area contributed by atoms with Gasteiger partial charge in [0.25, 0.3) is 0 Å². The molecule has 0 radical (unpaired) electrons. The number of esters is 2. The third kappa shape index (κ3) is 15.3. The summed E-state index contributed by atoms with van der Waals surface area (Å²) in [7, 11) is -3.85. The topological polar surface area (TPSA) is 97.4 Å². The monoisotopic (exact) mass is 406 g/mol. The molecule has 0 aliphatic rings. The number of ether oxygens (including phenoxy) is 2. The minimum atomic E-state index is -3.85. The predicted molar refractivity (Wildman–Crippen MR) is 101 cm³/mol. The maximum atomic E-state index is 12.6. The van der Waals surface area contributed by atoms with Crippen LogP contribution in [-0.2, 0) is 37.2 Å². The summed E-state index contributed by atoms with van der Waals surface area (Å²) in [6.07, 6.45) is 8.30. The van der Waals surface area contributed by atoms with Crippen LogP contribution in [0.4, 0.5) is 0 Å². The number of carbonyl (C=O) groups is 2. The Morgan fingerprint density at radius 1 is 0.741 bits per heavy atom. The summed E-state index contributed by atoms with van der Waals surface area (Å²) in [6, 6.07) is 0. The normalized spacial score (nSPS) is 11.0. The van der Waals surface area contributed by atoms with Gasteiger partial charge in [0.15, 0.2) is 0 Å². The lowest BCUT2D eigenvalue weighted by molar-refractivity contribution is -0.139. The van der Waals surface area contributed by atoms with Gasteiger partial charge < -0.3 is 9.47 Å². The van der Waals surface area contributed by atoms with Gasteiger partial charge in [-0.2, -0.15) is 0 Å². The van der Waals surface area contributed by atoms with Crippen LogP contribution in [0.1, 0.15) is 45.4 Å². The van der Waals surface area contributed by atoms with Gasteiger partial charge in [0, 0.05) is 12.2 Å². The van der Waals surface area contributed by atoms with E-state index in [2.05, 4.69) is 20.1 Å². The number of unbranched alkanes of at least 4 members (excludes halogenated alkanes) is 5. The van der Waals surface area contributed by atoms with Crippen molar-refractivity contribution in [2.45, 2.75) is 45.4 Å². The van der Waals surface area contributed by atoms with Crippen molar-refractivity contribution in [2.24, 2.45) is 0 Å². The SMILES string of the molecule is C=CC(=O)OCCOP(=O)(OCCCCCCCC)OCCOC(=O)C=C. The molecule has 0 aromatic carbocycles. The number of hydrogen-bond acceptors (Lipinski definition) is 8. The van der Waals surface area contributed by atoms with Gasteiger partial charge in [-0.25, -0.2) is 14.2 Å². The molecule has 0 aliphatic heterocycles. The lowest BCUT2D eigenvalue weighted by Gasteiger charge is -2.18. The summed E-state index contributed by atoms with van der Waals surface area (Å²) in [4.78, 5) is 21.9. The Balaban J connectivity index is 4.26. The molecule has 0 bridgehead atoms. The average molecular weight is 406 g/mol. The van der Waals surface area contributed by atoms with Crippen LogP contribution >= 0.6 is 7.82 Å². The zero-order valence-corrected chi connectivity index (χ0v) is 17.0. The molecule has 0 aromatic rings. The van der Waals surface area contributed by atoms with E-state index in [0.717, 1.165) is 37.8 Å². The molecule has 0 spiro atoms. The first-order valence-corrected chi connectivity index (χ1v) is 10.6. The molecular weight excluding hydrogens is 375 g/mol. The van der Waals surface area contributed by atoms with Gasteiger partial charge >= 0.3 is 19.8 Å². The van der Waals surface area contributed by atoms with E-state index in [4.69, 9.17) is 23.0 Å². The van der Waals surface area contributed by atoms with Crippen LogP contribution in [0.5, 0.6) is 0 Å². The molecule has 0 fully saturated rings. The van der Waals surface area contributed by atoms with Crippen molar-refractivity contribution >= 4 is 19.8 Å². The van der Waals surface area contributed by atoms with Crippen molar-refractivity contribution in [3.05, 3.63) is 25.3 Å². The van der Waals surface area contributed by atoms with Gasteiger partial charge in [-0.3, -0.25) is 13.6 Å². The first kappa shape index (κ1) is 25.5. The highest BCUT2D eigenvalue weighted by atomic mass is 31.2. The smallest absolute Gasteiger partial charge is 0.460 e. The lowest BCUT2D eigenvalue weighted by atomic mass is 10.1. The molecule has 0 heterocycles. The first-order chi connectivity index (χ1) is 13.0. The highest BCUT2D eigenvalue weighted by Gasteiger charge is 2.26. The van der Waals surface area contributed by atoms with E-state index >= 15 is 0 Å². The second-order valence-electron chi connectivity index (χ2n) is 5.46. The molecular formula is C18H31O8P. The van der Waals surface area contributed by atoms with Crippen molar-refractivity contribution in [1.82, 2.24) is 0 Å². The Bertz CT molecular complexity index is 460. The number of phosphoric ester groups is 1. The van der Waals surface area contributed by atoms with E-state index in [9.17, 15) is 14.2 Å². The first-order valence-electron chi connectivity index (χ1n) is 9.09. The van der Waals surface area contributed by atoms with Crippen LogP contribution in [0.2, 0.25) is 0 Å². The zero-order valence-electron chi connectivity index (χ0n) is 16.1. The van der Waals surface area contributed by atoms with Crippen LogP contribution in [-0.4, -0.2) is 45.0 Å². The molecule has 0 saturated carbocycles. The fourth-order valence-electron chi connectivity index (χ4n) is 1.87. The number of carbonyl (C=O) groups excluding carboxylic acids is 2. The molecule has 0 aliphatic carbocycles. The summed E-state index contributed by atoms with van der Waals surface area (Å²) in [5.74, 6) is -1.22. The average Bonchev–Trinajstić information content (AvgIpc) is 2.67. The second-order valence-corrected chi connectivity index (χ2v) is 7.13. The lowest BCUT2D eigenvalue weighted by Crippen LogP contribution is -2.12. The summed E-state index contributed by atoms with van der Waals surface area (Å²) >= 11 is 0. The highest BCUT2D eigenvalue weighted by molar-refractivity contribution is 7.48. The van der Waals surface area contributed by atoms with Crippen molar-refractivity contribution in [3.63, 3.8) is 0 Å². The van der Waals surface area contributed by atoms with Crippen molar-refractivity contribution in [2.75, 3.05) is 33.0 Å². The fraction of sp³-hybridized carbons (Fsp3) is 0.667. The minimum absolute atomic E-state index is 0.121. The molecule has 0 rings (SSSR count). The number of phosphoric acid groups is 1. The van der Waals surface area contributed by atoms with Crippen LogP contribution in [0.25, 0.3) is 0 Å². The van der Waals surface area contributed by atoms with Gasteiger partial charge in [-0.15, -0.1) is 0 Å². The quantitative estimate of drug-likeness (QED) is 0.146. The van der Waals surface area contributed by atoms with Gasteiger partial charge in [0.2, 0.25) is 0 Å². The minimum Gasteiger partial charge on any atom is -0.460 e. The van der Waals surface area contributed by atoms with Gasteiger partial charge in [0.1, 0.15) is 13.2 Å². The fourth-order valence-corrected chi connectivity index (χ4v) is 3.04. The summed E-state index contributed by atoms with van der Waals surface area (Å²) in [5.41, 5.74) is 0. The largest absolute Gasteiger partial charge is 0.475 e. The molecule has 8 nitrogen and oxygen atoms in total. The Hall–Kier alpha value is -1.47. The molecule has 9 heteroatoms. The summed E-state index contributed by atoms with van der Waals surface area (Å²) in [5, 5.41) is 0. The Morgan fingerprint density at radius 3 is 1.67 bits per heavy atom. The third-order valence-electron chi connectivity index (χ3n) is 3.23. The van der Waals surface area contributed by atoms with E-state index in [1.54, 1.807) is 0 Å². The maximum Gasteiger partial charge on any atom is 0.475 e. The van der Waals surface area contributed by atoms with Gasteiger partial charge in [-0.05, 0) is 6.42 Å². The van der Waals surface area contributed by atoms with E-state index in [1.165, 1.54) is 12.8 Å². The van der Waals surface area contributed by atoms with Crippen LogP contribution in [0.15, 0.2) is 25.3 Å². The molecule has 0 N–H and O–H groups in total. The van der Waals surface area contributed by atoms with Crippen LogP contribution in [0.3, 0.4) is 0 Å². The molecule has 156 valence electrons. The molecule has 0 amide bonds. The standard InChI is InChI=1S/C18H31O8P/c1-4-7-8-9-10-11-12-24-27(21,25-15-13-22-17(19)5-2)26-16-14-23-18(20)6-3/h5-6H,2-4,7-16H2,1H3. The van der Waals surface area contributed by atoms with E-state index in [0.29, 0.717) is 0 Å². The van der Waals surface area contributed by atoms with Crippen LogP contribution in [0, 0.1) is 0 Å². The summed E-state index contributed by atoms with van der Waals surface area (Å²) in [6.45, 7) is 8.32. The van der Waals surface area contributed by atoms with E-state index in [-0.39, 0.29) is 33.0 Å². The van der Waals surface area contributed by atoms with Crippen molar-refractivity contribution < 1.29 is 37.2 Å². The highest BCUT2D eigenvalue weighted by Crippen LogP contribution is 2.49. The number of hydrogen-bond donors (Lipinski definition) is 0. The second kappa shape index (κ2) is 16.7. The number of rotatable bonds is 18. The van der Waals surface area contributed by atoms with Crippen molar-refractivity contribution in [3.8, 4) is 0 Å². The Labute approximate surface area is 161 Å². The molecule has 0 aromatic heterocycles. The van der Waals surface area contributed by atoms with E-state index < -0.39 is 19.8 Å². The summed E-state index contributed by atoms with van der Waals surface area (Å²) < 4.78 is 37.7. The van der Waals surface area contributed by atoms with Gasteiger partial charge in [0.05, 0.1) is 19.8 Å². The zero-order chi connectivity index (χ0) is 20.4. The third-order valence-corrected chi connectivity index (χ3v) is 4.73. The molecule has 27 heavy (non-hydrogen) atoms. The molecule has 0 atom stereocenters. The predicted octanol–water partition coefficient (Wildman–Crippen LogP) is 3.96. The van der Waals surface area contributed by atoms with Crippen LogP contribution < -0.4 is 0 Å². The van der Waals surface area contributed by atoms with Crippen molar-refractivity contribution in [1.29, 1.82) is 0 Å². The molecule has 0 unspecified atom stereocenters. The maximum absolute atomic E-state index is 12.6. The Kier molecular flexibility index (Phi) is 15.8. The molecule has 0 saturated heterocycles. The van der Waals surface area contributed by atoms with E-state index in [1.807, 2.05) is 0 Å².